The smallest absolute Gasteiger partial charge is 0.416 e. The van der Waals surface area contributed by atoms with Crippen LogP contribution in [0.15, 0.2) is 47.5 Å². The molecule has 8 nitrogen and oxygen atoms in total. The number of hydrazine groups is 1. The molecule has 0 spiro atoms. The number of carboxylic acid groups (broad SMARTS) is 1. The highest BCUT2D eigenvalue weighted by Gasteiger charge is 2.37. The minimum Gasteiger partial charge on any atom is -0.481 e. The van der Waals surface area contributed by atoms with Gasteiger partial charge in [-0.25, -0.2) is 10.8 Å². The number of guanidine groups is 1. The Kier molecular flexibility index (Phi) is 10.9. The van der Waals surface area contributed by atoms with Gasteiger partial charge in [-0.05, 0) is 72.9 Å². The lowest BCUT2D eigenvalue weighted by molar-refractivity contribution is -0.143. The third kappa shape index (κ3) is 9.60. The van der Waals surface area contributed by atoms with E-state index < -0.39 is 41.0 Å². The first-order chi connectivity index (χ1) is 20.4. The molecule has 0 atom stereocenters. The number of nitrogens with zero attached hydrogens (tertiary/aromatic N) is 2. The molecule has 1 aliphatic rings. The van der Waals surface area contributed by atoms with Crippen molar-refractivity contribution in [3.05, 3.63) is 64.7 Å². The molecule has 242 valence electrons. The van der Waals surface area contributed by atoms with Gasteiger partial charge in [-0.15, -0.1) is 0 Å². The van der Waals surface area contributed by atoms with Crippen LogP contribution in [0, 0.1) is 11.3 Å². The van der Waals surface area contributed by atoms with E-state index in [0.717, 1.165) is 12.8 Å². The van der Waals surface area contributed by atoms with Crippen molar-refractivity contribution >= 4 is 23.5 Å². The van der Waals surface area contributed by atoms with Crippen molar-refractivity contribution in [2.75, 3.05) is 6.54 Å². The number of aliphatic imine (C=N–C) groups is 1. The highest BCUT2D eigenvalue weighted by atomic mass is 19.4. The van der Waals surface area contributed by atoms with Crippen molar-refractivity contribution in [3.8, 4) is 0 Å². The summed E-state index contributed by atoms with van der Waals surface area (Å²) in [7, 11) is 0. The summed E-state index contributed by atoms with van der Waals surface area (Å²) in [6.45, 7) is 6.54. The fourth-order valence-corrected chi connectivity index (χ4v) is 5.28. The van der Waals surface area contributed by atoms with Gasteiger partial charge in [-0.1, -0.05) is 32.9 Å². The van der Waals surface area contributed by atoms with Gasteiger partial charge < -0.3 is 15.3 Å². The molecule has 1 saturated carbocycles. The Balaban J connectivity index is 1.97. The number of aliphatic carboxylic acids is 1. The molecule has 0 aliphatic heterocycles. The number of nitrogens with two attached hydrogens (primary N) is 1. The molecule has 1 fully saturated rings. The van der Waals surface area contributed by atoms with Gasteiger partial charge in [0.15, 0.2) is 0 Å². The van der Waals surface area contributed by atoms with E-state index in [1.807, 2.05) is 0 Å². The number of rotatable bonds is 8. The van der Waals surface area contributed by atoms with Gasteiger partial charge in [-0.3, -0.25) is 15.0 Å². The second-order valence-electron chi connectivity index (χ2n) is 11.9. The Morgan fingerprint density at radius 3 is 1.93 bits per heavy atom. The van der Waals surface area contributed by atoms with Gasteiger partial charge in [0.05, 0.1) is 23.2 Å². The molecule has 0 unspecified atom stereocenters. The standard InChI is InChI=1S/C30H37F6N5O3/c1-28(2,3)20-8-10-24(11-9-20)41(17-18-4-6-19(7-5-18)26(44)38-13-12-25(42)43)27(40-37)39-23-15-21(29(31,32)33)14-22(16-23)30(34,35)36/h4-7,14-16,20,24H,8-13,17,37H2,1-3H3,(H,38,44)(H,39,40)(H,42,43). The average molecular weight is 630 g/mol. The van der Waals surface area contributed by atoms with Crippen LogP contribution in [0.1, 0.15) is 79.9 Å². The summed E-state index contributed by atoms with van der Waals surface area (Å²) >= 11 is 0. The number of halogens is 6. The molecule has 14 heteroatoms. The van der Waals surface area contributed by atoms with Crippen molar-refractivity contribution in [1.29, 1.82) is 0 Å². The van der Waals surface area contributed by atoms with E-state index in [9.17, 15) is 35.9 Å². The van der Waals surface area contributed by atoms with E-state index in [1.165, 1.54) is 12.1 Å². The van der Waals surface area contributed by atoms with E-state index in [0.29, 0.717) is 36.5 Å². The van der Waals surface area contributed by atoms with E-state index in [2.05, 4.69) is 36.5 Å². The van der Waals surface area contributed by atoms with Gasteiger partial charge in [-0.2, -0.15) is 26.3 Å². The first-order valence-corrected chi connectivity index (χ1v) is 14.1. The maximum absolute atomic E-state index is 13.5. The lowest BCUT2D eigenvalue weighted by Gasteiger charge is -2.42. The fourth-order valence-electron chi connectivity index (χ4n) is 5.28. The topological polar surface area (TPSA) is 120 Å². The molecule has 2 aromatic rings. The van der Waals surface area contributed by atoms with Crippen molar-refractivity contribution in [2.45, 2.75) is 77.8 Å². The normalized spacial score (nSPS) is 18.1. The maximum Gasteiger partial charge on any atom is 0.416 e. The van der Waals surface area contributed by atoms with Crippen molar-refractivity contribution < 1.29 is 41.0 Å². The van der Waals surface area contributed by atoms with Gasteiger partial charge in [0.2, 0.25) is 5.96 Å². The molecular formula is C30H37F6N5O3. The Bertz CT molecular complexity index is 1300. The van der Waals surface area contributed by atoms with Crippen LogP contribution in [0.25, 0.3) is 0 Å². The van der Waals surface area contributed by atoms with E-state index in [1.54, 1.807) is 17.0 Å². The van der Waals surface area contributed by atoms with Crippen molar-refractivity contribution in [3.63, 3.8) is 0 Å². The largest absolute Gasteiger partial charge is 0.481 e. The third-order valence-electron chi connectivity index (χ3n) is 7.76. The molecule has 44 heavy (non-hydrogen) atoms. The zero-order valence-corrected chi connectivity index (χ0v) is 24.6. The van der Waals surface area contributed by atoms with Crippen LogP contribution in [-0.2, 0) is 23.7 Å². The third-order valence-corrected chi connectivity index (χ3v) is 7.76. The summed E-state index contributed by atoms with van der Waals surface area (Å²) in [6.07, 6.45) is -7.24. The summed E-state index contributed by atoms with van der Waals surface area (Å²) in [6, 6.07) is 7.32. The number of alkyl halides is 6. The molecule has 0 aromatic heterocycles. The lowest BCUT2D eigenvalue weighted by Crippen LogP contribution is -2.50. The molecule has 0 heterocycles. The SMILES string of the molecule is CC(C)(C)C1CCC(N(Cc2ccc(C(=O)NCCC(=O)O)cc2)C(=Nc2cc(C(F)(F)F)cc(C(F)(F)F)c2)NN)CC1. The number of benzene rings is 2. The van der Waals surface area contributed by atoms with Crippen molar-refractivity contribution in [2.24, 2.45) is 22.2 Å². The number of nitrogens with one attached hydrogen (secondary N) is 2. The van der Waals surface area contributed by atoms with Gasteiger partial charge in [0, 0.05) is 24.7 Å². The summed E-state index contributed by atoms with van der Waals surface area (Å²) in [5.41, 5.74) is -0.138. The Morgan fingerprint density at radius 2 is 1.48 bits per heavy atom. The first kappa shape index (κ1) is 34.7. The molecule has 1 amide bonds. The second-order valence-corrected chi connectivity index (χ2v) is 11.9. The highest BCUT2D eigenvalue weighted by molar-refractivity contribution is 5.94. The molecular weight excluding hydrogens is 592 g/mol. The number of hydrogen-bond acceptors (Lipinski definition) is 4. The first-order valence-electron chi connectivity index (χ1n) is 14.1. The molecule has 0 bridgehead atoms. The van der Waals surface area contributed by atoms with Crippen LogP contribution in [0.2, 0.25) is 0 Å². The van der Waals surface area contributed by atoms with Crippen LogP contribution in [0.3, 0.4) is 0 Å². The van der Waals surface area contributed by atoms with E-state index >= 15 is 0 Å². The number of hydrogen-bond donors (Lipinski definition) is 4. The van der Waals surface area contributed by atoms with Crippen molar-refractivity contribution in [1.82, 2.24) is 15.6 Å². The Hall–Kier alpha value is -3.81. The maximum atomic E-state index is 13.5. The predicted octanol–water partition coefficient (Wildman–Crippen LogP) is 6.49. The number of amides is 1. The molecule has 5 N–H and O–H groups in total. The number of carbonyl (C=O) groups is 2. The molecule has 1 aliphatic carbocycles. The fraction of sp³-hybridized carbons (Fsp3) is 0.500. The van der Waals surface area contributed by atoms with Crippen LogP contribution in [0.5, 0.6) is 0 Å². The van der Waals surface area contributed by atoms with Crippen LogP contribution < -0.4 is 16.6 Å². The zero-order valence-electron chi connectivity index (χ0n) is 24.6. The molecule has 0 saturated heterocycles. The summed E-state index contributed by atoms with van der Waals surface area (Å²) in [5, 5.41) is 11.3. The predicted molar refractivity (Wildman–Crippen MR) is 153 cm³/mol. The second kappa shape index (κ2) is 13.9. The van der Waals surface area contributed by atoms with Crippen LogP contribution >= 0.6 is 0 Å². The molecule has 2 aromatic carbocycles. The Labute approximate surface area is 251 Å². The quantitative estimate of drug-likeness (QED) is 0.0872. The van der Waals surface area contributed by atoms with Gasteiger partial charge in [0.1, 0.15) is 0 Å². The number of carboxylic acids is 1. The lowest BCUT2D eigenvalue weighted by atomic mass is 9.71. The zero-order chi connectivity index (χ0) is 32.9. The molecule has 0 radical (unpaired) electrons. The number of carbonyl (C=O) groups excluding carboxylic acids is 1. The van der Waals surface area contributed by atoms with Crippen LogP contribution in [-0.4, -0.2) is 40.4 Å². The molecule has 3 rings (SSSR count). The summed E-state index contributed by atoms with van der Waals surface area (Å²) in [5.74, 6) is 4.59. The van der Waals surface area contributed by atoms with Gasteiger partial charge >= 0.3 is 18.3 Å². The minimum atomic E-state index is -5.03. The van der Waals surface area contributed by atoms with Crippen LogP contribution in [0.4, 0.5) is 32.0 Å². The average Bonchev–Trinajstić information content (AvgIpc) is 2.93. The van der Waals surface area contributed by atoms with Gasteiger partial charge in [0.25, 0.3) is 5.91 Å². The van der Waals surface area contributed by atoms with E-state index in [4.69, 9.17) is 10.9 Å². The Morgan fingerprint density at radius 1 is 0.932 bits per heavy atom. The summed E-state index contributed by atoms with van der Waals surface area (Å²) < 4.78 is 81.0. The van der Waals surface area contributed by atoms with E-state index in [-0.39, 0.29) is 48.6 Å². The highest BCUT2D eigenvalue weighted by Crippen LogP contribution is 2.40. The summed E-state index contributed by atoms with van der Waals surface area (Å²) in [4.78, 5) is 28.9. The monoisotopic (exact) mass is 629 g/mol. The minimum absolute atomic E-state index is 0.0412.